The van der Waals surface area contributed by atoms with Crippen molar-refractivity contribution in [2.45, 2.75) is 45.1 Å². The van der Waals surface area contributed by atoms with Crippen molar-refractivity contribution >= 4 is 18.5 Å². The monoisotopic (exact) mass is 347 g/mol. The summed E-state index contributed by atoms with van der Waals surface area (Å²) in [4.78, 5) is 11.6. The molecule has 1 fully saturated rings. The lowest BCUT2D eigenvalue weighted by Gasteiger charge is -2.32. The van der Waals surface area contributed by atoms with E-state index in [1.165, 1.54) is 12.1 Å². The molecule has 1 amide bonds. The van der Waals surface area contributed by atoms with Crippen LogP contribution in [0.5, 0.6) is 0 Å². The number of nitrogens with one attached hydrogen (secondary N) is 1. The number of benzene rings is 1. The Morgan fingerprint density at radius 3 is 2.17 bits per heavy atom. The normalized spacial score (nSPS) is 19.4. The zero-order valence-electron chi connectivity index (χ0n) is 13.8. The molecule has 1 aliphatic heterocycles. The Bertz CT molecular complexity index is 630. The second-order valence-electron chi connectivity index (χ2n) is 6.62. The zero-order valence-corrected chi connectivity index (χ0v) is 13.8. The van der Waals surface area contributed by atoms with E-state index < -0.39 is 42.8 Å². The Hall–Kier alpha value is -1.61. The van der Waals surface area contributed by atoms with Gasteiger partial charge in [0.1, 0.15) is 12.4 Å². The van der Waals surface area contributed by atoms with Crippen molar-refractivity contribution in [2.24, 2.45) is 0 Å². The van der Waals surface area contributed by atoms with Gasteiger partial charge in [-0.3, -0.25) is 4.79 Å². The maximum Gasteiger partial charge on any atom is 0.497 e. The molecule has 1 heterocycles. The molecule has 9 heteroatoms. The average molecular weight is 347 g/mol. The van der Waals surface area contributed by atoms with Crippen molar-refractivity contribution in [2.75, 3.05) is 6.54 Å². The minimum absolute atomic E-state index is 0.0843. The molecular weight excluding hydrogens is 329 g/mol. The van der Waals surface area contributed by atoms with E-state index >= 15 is 0 Å². The molecule has 0 bridgehead atoms. The summed E-state index contributed by atoms with van der Waals surface area (Å²) in [6, 6.07) is 3.38. The summed E-state index contributed by atoms with van der Waals surface area (Å²) in [7, 11) is -0.956. The number of hydrogen-bond acceptors (Lipinski definition) is 3. The molecule has 1 aliphatic rings. The van der Waals surface area contributed by atoms with Crippen molar-refractivity contribution in [1.82, 2.24) is 5.32 Å². The summed E-state index contributed by atoms with van der Waals surface area (Å²) >= 11 is 0. The molecule has 132 valence electrons. The van der Waals surface area contributed by atoms with Crippen molar-refractivity contribution in [3.8, 4) is 0 Å². The van der Waals surface area contributed by atoms with Gasteiger partial charge in [0.05, 0.1) is 11.2 Å². The van der Waals surface area contributed by atoms with Crippen LogP contribution < -0.4 is 10.8 Å². The molecule has 0 aliphatic carbocycles. The highest BCUT2D eigenvalue weighted by atomic mass is 19.4. The summed E-state index contributed by atoms with van der Waals surface area (Å²) in [5, 5.41) is 1.69. The summed E-state index contributed by atoms with van der Waals surface area (Å²) in [6.45, 7) is 5.76. The van der Waals surface area contributed by atoms with Crippen molar-refractivity contribution in [3.05, 3.63) is 29.6 Å². The third-order valence-corrected chi connectivity index (χ3v) is 4.22. The van der Waals surface area contributed by atoms with Crippen molar-refractivity contribution in [1.29, 1.82) is 0 Å². The summed E-state index contributed by atoms with van der Waals surface area (Å²) in [5.74, 6) is -1.79. The van der Waals surface area contributed by atoms with Crippen molar-refractivity contribution in [3.63, 3.8) is 0 Å². The van der Waals surface area contributed by atoms with Gasteiger partial charge in [0, 0.05) is 11.0 Å². The quantitative estimate of drug-likeness (QED) is 0.675. The molecule has 0 unspecified atom stereocenters. The van der Waals surface area contributed by atoms with Crippen LogP contribution in [0.2, 0.25) is 0 Å². The molecule has 0 saturated carbocycles. The van der Waals surface area contributed by atoms with Crippen LogP contribution in [-0.2, 0) is 9.31 Å². The fraction of sp³-hybridized carbons (Fsp3) is 0.533. The van der Waals surface area contributed by atoms with E-state index in [2.05, 4.69) is 0 Å². The summed E-state index contributed by atoms with van der Waals surface area (Å²) in [5.41, 5.74) is -1.45. The predicted molar refractivity (Wildman–Crippen MR) is 80.5 cm³/mol. The smallest absolute Gasteiger partial charge is 0.399 e. The summed E-state index contributed by atoms with van der Waals surface area (Å²) in [6.07, 6.45) is -4.53. The Labute approximate surface area is 137 Å². The topological polar surface area (TPSA) is 47.6 Å². The predicted octanol–water partition coefficient (Wildman–Crippen LogP) is 2.42. The third kappa shape index (κ3) is 3.89. The second-order valence-corrected chi connectivity index (χ2v) is 6.62. The number of alkyl halides is 3. The maximum absolute atomic E-state index is 14.3. The largest absolute Gasteiger partial charge is 0.497 e. The van der Waals surface area contributed by atoms with Crippen LogP contribution in [0.4, 0.5) is 17.6 Å². The molecule has 0 radical (unpaired) electrons. The van der Waals surface area contributed by atoms with Crippen molar-refractivity contribution < 1.29 is 31.7 Å². The van der Waals surface area contributed by atoms with E-state index in [4.69, 9.17) is 9.31 Å². The van der Waals surface area contributed by atoms with E-state index in [1.807, 2.05) is 27.7 Å². The van der Waals surface area contributed by atoms with Gasteiger partial charge in [-0.1, -0.05) is 6.07 Å². The van der Waals surface area contributed by atoms with Crippen LogP contribution in [-0.4, -0.2) is 36.9 Å². The van der Waals surface area contributed by atoms with Gasteiger partial charge in [0.2, 0.25) is 0 Å². The van der Waals surface area contributed by atoms with Gasteiger partial charge in [0.25, 0.3) is 5.91 Å². The minimum atomic E-state index is -4.53. The number of halogens is 4. The van der Waals surface area contributed by atoms with Crippen LogP contribution in [0.25, 0.3) is 0 Å². The number of hydrogen-bond donors (Lipinski definition) is 1. The fourth-order valence-corrected chi connectivity index (χ4v) is 2.11. The maximum atomic E-state index is 14.3. The van der Waals surface area contributed by atoms with E-state index in [1.54, 1.807) is 5.32 Å². The molecule has 24 heavy (non-hydrogen) atoms. The molecule has 0 atom stereocenters. The van der Waals surface area contributed by atoms with Crippen LogP contribution in [0.15, 0.2) is 18.2 Å². The zero-order chi connectivity index (χ0) is 18.3. The number of rotatable bonds is 3. The van der Waals surface area contributed by atoms with E-state index in [9.17, 15) is 22.4 Å². The highest BCUT2D eigenvalue weighted by molar-refractivity contribution is 6.62. The van der Waals surface area contributed by atoms with E-state index in [0.29, 0.717) is 0 Å². The lowest BCUT2D eigenvalue weighted by Crippen LogP contribution is -2.41. The standard InChI is InChI=1S/C15H18BF4NO3/c1-13(2)14(3,4)24-16(23-13)10-6-5-9(7-11(10)17)12(22)21-8-15(18,19)20/h5-7H,8H2,1-4H3,(H,21,22). The van der Waals surface area contributed by atoms with Crippen LogP contribution in [0, 0.1) is 5.82 Å². The second kappa shape index (κ2) is 6.04. The summed E-state index contributed by atoms with van der Waals surface area (Å²) < 4.78 is 62.0. The van der Waals surface area contributed by atoms with Crippen LogP contribution in [0.1, 0.15) is 38.1 Å². The van der Waals surface area contributed by atoms with E-state index in [0.717, 1.165) is 6.07 Å². The number of carbonyl (C=O) groups excluding carboxylic acids is 1. The van der Waals surface area contributed by atoms with Gasteiger partial charge in [-0.25, -0.2) is 4.39 Å². The molecule has 1 aromatic rings. The first-order chi connectivity index (χ1) is 10.8. The van der Waals surface area contributed by atoms with Gasteiger partial charge in [0.15, 0.2) is 0 Å². The molecule has 0 aromatic heterocycles. The third-order valence-electron chi connectivity index (χ3n) is 4.22. The lowest BCUT2D eigenvalue weighted by molar-refractivity contribution is -0.123. The van der Waals surface area contributed by atoms with Gasteiger partial charge in [-0.05, 0) is 39.8 Å². The van der Waals surface area contributed by atoms with Crippen LogP contribution >= 0.6 is 0 Å². The Morgan fingerprint density at radius 1 is 1.17 bits per heavy atom. The van der Waals surface area contributed by atoms with E-state index in [-0.39, 0.29) is 11.0 Å². The molecule has 1 saturated heterocycles. The Kier molecular flexibility index (Phi) is 4.71. The molecule has 2 rings (SSSR count). The average Bonchev–Trinajstić information content (AvgIpc) is 2.63. The first kappa shape index (κ1) is 18.7. The highest BCUT2D eigenvalue weighted by Gasteiger charge is 2.52. The molecule has 1 aromatic carbocycles. The molecule has 4 nitrogen and oxygen atoms in total. The minimum Gasteiger partial charge on any atom is -0.399 e. The SMILES string of the molecule is CC1(C)OB(c2ccc(C(=O)NCC(F)(F)F)cc2F)OC1(C)C. The molecular formula is C15H18BF4NO3. The first-order valence-electron chi connectivity index (χ1n) is 7.32. The Morgan fingerprint density at radius 2 is 1.71 bits per heavy atom. The lowest BCUT2D eigenvalue weighted by atomic mass is 9.78. The number of carbonyl (C=O) groups is 1. The van der Waals surface area contributed by atoms with Gasteiger partial charge >= 0.3 is 13.3 Å². The molecule has 0 spiro atoms. The Balaban J connectivity index is 2.15. The van der Waals surface area contributed by atoms with Gasteiger partial charge < -0.3 is 14.6 Å². The van der Waals surface area contributed by atoms with Gasteiger partial charge in [-0.2, -0.15) is 13.2 Å². The fourth-order valence-electron chi connectivity index (χ4n) is 2.11. The first-order valence-corrected chi connectivity index (χ1v) is 7.32. The van der Waals surface area contributed by atoms with Gasteiger partial charge in [-0.15, -0.1) is 0 Å². The molecule has 1 N–H and O–H groups in total. The highest BCUT2D eigenvalue weighted by Crippen LogP contribution is 2.36. The van der Waals surface area contributed by atoms with Crippen LogP contribution in [0.3, 0.4) is 0 Å². The number of amides is 1.